The molecule has 0 aliphatic heterocycles. The zero-order chi connectivity index (χ0) is 12.0. The predicted molar refractivity (Wildman–Crippen MR) is 68.0 cm³/mol. The Morgan fingerprint density at radius 2 is 2.19 bits per heavy atom. The summed E-state index contributed by atoms with van der Waals surface area (Å²) in [7, 11) is 3.99. The van der Waals surface area contributed by atoms with Gasteiger partial charge in [0.15, 0.2) is 0 Å². The van der Waals surface area contributed by atoms with Crippen molar-refractivity contribution in [3.8, 4) is 0 Å². The first-order valence-electron chi connectivity index (χ1n) is 5.64. The van der Waals surface area contributed by atoms with Crippen molar-refractivity contribution in [3.63, 3.8) is 0 Å². The summed E-state index contributed by atoms with van der Waals surface area (Å²) < 4.78 is 0. The van der Waals surface area contributed by atoms with Gasteiger partial charge >= 0.3 is 0 Å². The van der Waals surface area contributed by atoms with E-state index < -0.39 is 0 Å². The molecule has 0 bridgehead atoms. The van der Waals surface area contributed by atoms with Crippen molar-refractivity contribution < 1.29 is 5.11 Å². The van der Waals surface area contributed by atoms with E-state index in [0.717, 1.165) is 24.3 Å². The number of rotatable bonds is 6. The molecule has 0 fully saturated rings. The van der Waals surface area contributed by atoms with Crippen LogP contribution in [0.4, 0.5) is 11.5 Å². The zero-order valence-electron chi connectivity index (χ0n) is 10.3. The summed E-state index contributed by atoms with van der Waals surface area (Å²) >= 11 is 0. The van der Waals surface area contributed by atoms with Crippen molar-refractivity contribution in [3.05, 3.63) is 18.3 Å². The Bertz CT molecular complexity index is 298. The van der Waals surface area contributed by atoms with Crippen molar-refractivity contribution in [2.45, 2.75) is 25.8 Å². The van der Waals surface area contributed by atoms with Gasteiger partial charge in [-0.1, -0.05) is 0 Å². The van der Waals surface area contributed by atoms with Gasteiger partial charge in [-0.2, -0.15) is 0 Å². The molecule has 90 valence electrons. The molecule has 4 heteroatoms. The maximum absolute atomic E-state index is 8.73. The zero-order valence-corrected chi connectivity index (χ0v) is 10.3. The van der Waals surface area contributed by atoms with E-state index in [1.165, 1.54) is 0 Å². The number of hydrogen-bond acceptors (Lipinski definition) is 4. The molecular formula is C12H21N3O. The molecule has 2 N–H and O–H groups in total. The van der Waals surface area contributed by atoms with E-state index in [1.807, 2.05) is 37.3 Å². The van der Waals surface area contributed by atoms with Crippen molar-refractivity contribution >= 4 is 11.5 Å². The summed E-state index contributed by atoms with van der Waals surface area (Å²) in [5, 5.41) is 12.0. The Kier molecular flexibility index (Phi) is 5.05. The highest BCUT2D eigenvalue weighted by Crippen LogP contribution is 2.13. The summed E-state index contributed by atoms with van der Waals surface area (Å²) in [5.74, 6) is 0.885. The fourth-order valence-electron chi connectivity index (χ4n) is 1.46. The topological polar surface area (TPSA) is 48.4 Å². The number of pyridine rings is 1. The number of anilines is 2. The Morgan fingerprint density at radius 1 is 1.44 bits per heavy atom. The summed E-state index contributed by atoms with van der Waals surface area (Å²) in [4.78, 5) is 6.35. The van der Waals surface area contributed by atoms with Gasteiger partial charge in [-0.15, -0.1) is 0 Å². The van der Waals surface area contributed by atoms with Crippen molar-refractivity contribution in [2.24, 2.45) is 0 Å². The third-order valence-electron chi connectivity index (χ3n) is 2.45. The molecule has 0 aliphatic carbocycles. The van der Waals surface area contributed by atoms with Crippen LogP contribution in [-0.4, -0.2) is 36.8 Å². The quantitative estimate of drug-likeness (QED) is 0.771. The molecule has 1 unspecified atom stereocenters. The van der Waals surface area contributed by atoms with E-state index in [4.69, 9.17) is 5.11 Å². The summed E-state index contributed by atoms with van der Waals surface area (Å²) in [6.45, 7) is 2.34. The lowest BCUT2D eigenvalue weighted by atomic mass is 10.2. The van der Waals surface area contributed by atoms with Crippen LogP contribution in [0.25, 0.3) is 0 Å². The third kappa shape index (κ3) is 4.06. The number of aromatic nitrogens is 1. The summed E-state index contributed by atoms with van der Waals surface area (Å²) in [5.41, 5.74) is 1.09. The molecule has 0 aromatic carbocycles. The fraction of sp³-hybridized carbons (Fsp3) is 0.583. The average molecular weight is 223 g/mol. The van der Waals surface area contributed by atoms with Gasteiger partial charge in [0, 0.05) is 26.7 Å². The molecule has 1 atom stereocenters. The molecule has 1 aromatic rings. The van der Waals surface area contributed by atoms with E-state index in [0.29, 0.717) is 6.04 Å². The first kappa shape index (κ1) is 12.8. The van der Waals surface area contributed by atoms with Gasteiger partial charge in [0.25, 0.3) is 0 Å². The van der Waals surface area contributed by atoms with E-state index in [9.17, 15) is 0 Å². The van der Waals surface area contributed by atoms with E-state index in [-0.39, 0.29) is 6.61 Å². The highest BCUT2D eigenvalue weighted by Gasteiger charge is 2.02. The van der Waals surface area contributed by atoms with Crippen LogP contribution >= 0.6 is 0 Å². The maximum atomic E-state index is 8.73. The van der Waals surface area contributed by atoms with Crippen molar-refractivity contribution in [1.82, 2.24) is 4.98 Å². The molecule has 0 saturated heterocycles. The van der Waals surface area contributed by atoms with Gasteiger partial charge in [0.05, 0.1) is 11.9 Å². The highest BCUT2D eigenvalue weighted by atomic mass is 16.2. The summed E-state index contributed by atoms with van der Waals surface area (Å²) in [6, 6.07) is 4.35. The Hall–Kier alpha value is -1.29. The first-order valence-corrected chi connectivity index (χ1v) is 5.64. The minimum absolute atomic E-state index is 0.249. The molecule has 16 heavy (non-hydrogen) atoms. The van der Waals surface area contributed by atoms with Gasteiger partial charge in [-0.25, -0.2) is 4.98 Å². The average Bonchev–Trinajstić information content (AvgIpc) is 2.27. The van der Waals surface area contributed by atoms with Crippen LogP contribution in [0.3, 0.4) is 0 Å². The molecule has 1 heterocycles. The van der Waals surface area contributed by atoms with Gasteiger partial charge in [-0.05, 0) is 31.9 Å². The largest absolute Gasteiger partial charge is 0.396 e. The third-order valence-corrected chi connectivity index (χ3v) is 2.45. The van der Waals surface area contributed by atoms with Gasteiger partial charge in [0.1, 0.15) is 5.82 Å². The second-order valence-corrected chi connectivity index (χ2v) is 4.21. The SMILES string of the molecule is CC(CCCO)Nc1ccc(N(C)C)cn1. The van der Waals surface area contributed by atoms with E-state index in [2.05, 4.69) is 17.2 Å². The van der Waals surface area contributed by atoms with Gasteiger partial charge in [0.2, 0.25) is 0 Å². The lowest BCUT2D eigenvalue weighted by Gasteiger charge is -2.15. The number of aliphatic hydroxyl groups excluding tert-OH is 1. The molecule has 1 aromatic heterocycles. The van der Waals surface area contributed by atoms with E-state index >= 15 is 0 Å². The van der Waals surface area contributed by atoms with Crippen LogP contribution in [0, 0.1) is 0 Å². The van der Waals surface area contributed by atoms with Crippen LogP contribution < -0.4 is 10.2 Å². The van der Waals surface area contributed by atoms with E-state index in [1.54, 1.807) is 0 Å². The molecule has 0 spiro atoms. The Balaban J connectivity index is 2.48. The standard InChI is InChI=1S/C12H21N3O/c1-10(5-4-8-16)14-12-7-6-11(9-13-12)15(2)3/h6-7,9-10,16H,4-5,8H2,1-3H3,(H,13,14). The molecule has 0 amide bonds. The fourth-order valence-corrected chi connectivity index (χ4v) is 1.46. The van der Waals surface area contributed by atoms with Crippen LogP contribution in [0.2, 0.25) is 0 Å². The predicted octanol–water partition coefficient (Wildman–Crippen LogP) is 1.72. The molecular weight excluding hydrogens is 202 g/mol. The smallest absolute Gasteiger partial charge is 0.126 e. The number of hydrogen-bond donors (Lipinski definition) is 2. The Labute approximate surface area is 97.3 Å². The molecule has 4 nitrogen and oxygen atoms in total. The summed E-state index contributed by atoms with van der Waals surface area (Å²) in [6.07, 6.45) is 3.62. The number of nitrogens with one attached hydrogen (secondary N) is 1. The van der Waals surface area contributed by atoms with Crippen LogP contribution in [0.15, 0.2) is 18.3 Å². The number of aliphatic hydroxyl groups is 1. The van der Waals surface area contributed by atoms with Crippen LogP contribution in [-0.2, 0) is 0 Å². The molecule has 0 aliphatic rings. The minimum atomic E-state index is 0.249. The van der Waals surface area contributed by atoms with Gasteiger partial charge in [-0.3, -0.25) is 0 Å². The van der Waals surface area contributed by atoms with Crippen molar-refractivity contribution in [2.75, 3.05) is 30.9 Å². The number of nitrogens with zero attached hydrogens (tertiary/aromatic N) is 2. The molecule has 1 rings (SSSR count). The lowest BCUT2D eigenvalue weighted by molar-refractivity contribution is 0.282. The Morgan fingerprint density at radius 3 is 2.69 bits per heavy atom. The first-order chi connectivity index (χ1) is 7.63. The van der Waals surface area contributed by atoms with Crippen LogP contribution in [0.5, 0.6) is 0 Å². The van der Waals surface area contributed by atoms with Gasteiger partial charge < -0.3 is 15.3 Å². The monoisotopic (exact) mass is 223 g/mol. The molecule has 0 radical (unpaired) electrons. The molecule has 0 saturated carbocycles. The second kappa shape index (κ2) is 6.33. The normalized spacial score (nSPS) is 12.2. The maximum Gasteiger partial charge on any atom is 0.126 e. The van der Waals surface area contributed by atoms with Crippen molar-refractivity contribution in [1.29, 1.82) is 0 Å². The minimum Gasteiger partial charge on any atom is -0.396 e. The lowest BCUT2D eigenvalue weighted by Crippen LogP contribution is -2.16. The second-order valence-electron chi connectivity index (χ2n) is 4.21. The highest BCUT2D eigenvalue weighted by molar-refractivity contribution is 5.48. The van der Waals surface area contributed by atoms with Crippen LogP contribution in [0.1, 0.15) is 19.8 Å².